The molecule has 1 aromatic heterocycles. The molecule has 4 rings (SSSR count). The normalized spacial score (nSPS) is 16.6. The Balaban J connectivity index is 1.53. The van der Waals surface area contributed by atoms with Gasteiger partial charge in [0.1, 0.15) is 11.5 Å². The van der Waals surface area contributed by atoms with E-state index in [9.17, 15) is 4.79 Å². The number of nitrogens with zero attached hydrogens (tertiary/aromatic N) is 2. The molecule has 0 saturated carbocycles. The fourth-order valence-corrected chi connectivity index (χ4v) is 3.99. The second-order valence-corrected chi connectivity index (χ2v) is 7.60. The first-order valence-electron chi connectivity index (χ1n) is 10.4. The minimum Gasteiger partial charge on any atom is -0.497 e. The van der Waals surface area contributed by atoms with Gasteiger partial charge in [-0.25, -0.2) is 0 Å². The summed E-state index contributed by atoms with van der Waals surface area (Å²) < 4.78 is 10.9. The maximum atomic E-state index is 12.7. The van der Waals surface area contributed by atoms with Crippen LogP contribution in [0.25, 0.3) is 11.1 Å². The number of methoxy groups -OCH3 is 2. The topological polar surface area (TPSA) is 63.7 Å². The predicted molar refractivity (Wildman–Crippen MR) is 120 cm³/mol. The zero-order valence-electron chi connectivity index (χ0n) is 17.9. The number of hydrogen-bond donors (Lipinski definition) is 1. The number of aromatic nitrogens is 1. The van der Waals surface area contributed by atoms with Crippen LogP contribution in [0.5, 0.6) is 11.5 Å². The third-order valence-corrected chi connectivity index (χ3v) is 5.68. The largest absolute Gasteiger partial charge is 0.497 e. The van der Waals surface area contributed by atoms with Crippen LogP contribution in [-0.4, -0.2) is 49.1 Å². The smallest absolute Gasteiger partial charge is 0.237 e. The monoisotopic (exact) mass is 417 g/mol. The van der Waals surface area contributed by atoms with Crippen molar-refractivity contribution in [1.82, 2.24) is 15.2 Å². The van der Waals surface area contributed by atoms with E-state index in [2.05, 4.69) is 39.5 Å². The van der Waals surface area contributed by atoms with Gasteiger partial charge in [-0.05, 0) is 47.4 Å². The summed E-state index contributed by atoms with van der Waals surface area (Å²) in [5.41, 5.74) is 4.32. The van der Waals surface area contributed by atoms with Crippen molar-refractivity contribution >= 4 is 5.91 Å². The van der Waals surface area contributed by atoms with Gasteiger partial charge in [0.05, 0.1) is 20.3 Å². The molecule has 6 nitrogen and oxygen atoms in total. The van der Waals surface area contributed by atoms with Gasteiger partial charge in [0.2, 0.25) is 5.91 Å². The summed E-state index contributed by atoms with van der Waals surface area (Å²) in [7, 11) is 3.31. The van der Waals surface area contributed by atoms with Gasteiger partial charge in [0.25, 0.3) is 0 Å². The highest BCUT2D eigenvalue weighted by molar-refractivity contribution is 5.82. The molecule has 1 aliphatic heterocycles. The number of benzene rings is 2. The molecule has 1 unspecified atom stereocenters. The first-order chi connectivity index (χ1) is 15.2. The van der Waals surface area contributed by atoms with Crippen molar-refractivity contribution in [1.29, 1.82) is 0 Å². The van der Waals surface area contributed by atoms with Crippen molar-refractivity contribution in [2.45, 2.75) is 19.0 Å². The molecular formula is C25H27N3O3. The highest BCUT2D eigenvalue weighted by Gasteiger charge is 2.30. The molecule has 0 aliphatic carbocycles. The molecule has 2 heterocycles. The lowest BCUT2D eigenvalue weighted by Crippen LogP contribution is -2.55. The van der Waals surface area contributed by atoms with Gasteiger partial charge in [-0.1, -0.05) is 30.3 Å². The Morgan fingerprint density at radius 1 is 1.06 bits per heavy atom. The fourth-order valence-electron chi connectivity index (χ4n) is 3.99. The molecule has 1 aliphatic rings. The molecule has 1 atom stereocenters. The van der Waals surface area contributed by atoms with Crippen molar-refractivity contribution in [3.63, 3.8) is 0 Å². The summed E-state index contributed by atoms with van der Waals surface area (Å²) in [6.07, 6.45) is 4.27. The van der Waals surface area contributed by atoms with Crippen molar-refractivity contribution in [2.75, 3.05) is 27.3 Å². The van der Waals surface area contributed by atoms with Crippen molar-refractivity contribution in [3.8, 4) is 22.6 Å². The molecule has 0 bridgehead atoms. The van der Waals surface area contributed by atoms with Gasteiger partial charge in [0, 0.05) is 37.6 Å². The van der Waals surface area contributed by atoms with E-state index in [0.717, 1.165) is 40.3 Å². The second kappa shape index (κ2) is 9.62. The van der Waals surface area contributed by atoms with E-state index in [1.54, 1.807) is 20.4 Å². The number of carbonyl (C=O) groups excluding carboxylic acids is 1. The van der Waals surface area contributed by atoms with Crippen LogP contribution in [0.2, 0.25) is 0 Å². The van der Waals surface area contributed by atoms with Crippen molar-refractivity contribution < 1.29 is 14.3 Å². The van der Waals surface area contributed by atoms with E-state index < -0.39 is 0 Å². The maximum absolute atomic E-state index is 12.7. The zero-order chi connectivity index (χ0) is 21.6. The number of hydrogen-bond acceptors (Lipinski definition) is 5. The average Bonchev–Trinajstić information content (AvgIpc) is 2.82. The molecule has 0 radical (unpaired) electrons. The van der Waals surface area contributed by atoms with E-state index >= 15 is 0 Å². The first-order valence-corrected chi connectivity index (χ1v) is 10.4. The number of pyridine rings is 1. The Bertz CT molecular complexity index is 1020. The Morgan fingerprint density at radius 3 is 2.61 bits per heavy atom. The van der Waals surface area contributed by atoms with Gasteiger partial charge in [-0.2, -0.15) is 0 Å². The third-order valence-electron chi connectivity index (χ3n) is 5.68. The number of ether oxygens (including phenoxy) is 2. The van der Waals surface area contributed by atoms with Crippen LogP contribution in [0.3, 0.4) is 0 Å². The molecule has 6 heteroatoms. The molecule has 0 spiro atoms. The van der Waals surface area contributed by atoms with Crippen LogP contribution in [-0.2, 0) is 17.8 Å². The Morgan fingerprint density at radius 2 is 1.90 bits per heavy atom. The standard InChI is InChI=1S/C25H27N3O3/c1-30-22-9-10-24(31-2)21(15-22)17-28-13-12-27-25(29)23(28)14-18-5-7-19(8-6-18)20-4-3-11-26-16-20/h3-11,15-16,23H,12-14,17H2,1-2H3,(H,27,29). The summed E-state index contributed by atoms with van der Waals surface area (Å²) >= 11 is 0. The van der Waals surface area contributed by atoms with Crippen LogP contribution in [0.15, 0.2) is 67.0 Å². The molecule has 1 amide bonds. The zero-order valence-corrected chi connectivity index (χ0v) is 17.9. The minimum atomic E-state index is -0.242. The highest BCUT2D eigenvalue weighted by atomic mass is 16.5. The number of rotatable bonds is 7. The molecule has 1 fully saturated rings. The number of carbonyl (C=O) groups is 1. The van der Waals surface area contributed by atoms with E-state index in [-0.39, 0.29) is 11.9 Å². The van der Waals surface area contributed by atoms with E-state index in [1.807, 2.05) is 36.5 Å². The molecule has 160 valence electrons. The summed E-state index contributed by atoms with van der Waals surface area (Å²) in [5.74, 6) is 1.63. The Kier molecular flexibility index (Phi) is 6.48. The quantitative estimate of drug-likeness (QED) is 0.639. The van der Waals surface area contributed by atoms with Crippen LogP contribution >= 0.6 is 0 Å². The lowest BCUT2D eigenvalue weighted by molar-refractivity contribution is -0.129. The Labute approximate surface area is 182 Å². The van der Waals surface area contributed by atoms with Crippen molar-refractivity contribution in [3.05, 3.63) is 78.1 Å². The van der Waals surface area contributed by atoms with Gasteiger partial charge < -0.3 is 14.8 Å². The number of piperazine rings is 1. The van der Waals surface area contributed by atoms with E-state index in [0.29, 0.717) is 19.5 Å². The number of amides is 1. The summed E-state index contributed by atoms with van der Waals surface area (Å²) in [4.78, 5) is 19.1. The second-order valence-electron chi connectivity index (χ2n) is 7.60. The summed E-state index contributed by atoms with van der Waals surface area (Å²) in [5, 5.41) is 3.01. The molecule has 1 saturated heterocycles. The third kappa shape index (κ3) is 4.86. The lowest BCUT2D eigenvalue weighted by atomic mass is 9.98. The lowest BCUT2D eigenvalue weighted by Gasteiger charge is -2.35. The van der Waals surface area contributed by atoms with Crippen molar-refractivity contribution in [2.24, 2.45) is 0 Å². The van der Waals surface area contributed by atoms with Gasteiger partial charge in [-0.3, -0.25) is 14.7 Å². The molecule has 1 N–H and O–H groups in total. The maximum Gasteiger partial charge on any atom is 0.237 e. The summed E-state index contributed by atoms with van der Waals surface area (Å²) in [6, 6.07) is 17.9. The number of nitrogens with one attached hydrogen (secondary N) is 1. The van der Waals surface area contributed by atoms with Gasteiger partial charge >= 0.3 is 0 Å². The molecular weight excluding hydrogens is 390 g/mol. The van der Waals surface area contributed by atoms with Gasteiger partial charge in [-0.15, -0.1) is 0 Å². The van der Waals surface area contributed by atoms with E-state index in [4.69, 9.17) is 9.47 Å². The highest BCUT2D eigenvalue weighted by Crippen LogP contribution is 2.27. The molecule has 2 aromatic carbocycles. The van der Waals surface area contributed by atoms with Crippen LogP contribution in [0, 0.1) is 0 Å². The Hall–Kier alpha value is -3.38. The molecule has 3 aromatic rings. The fraction of sp³-hybridized carbons (Fsp3) is 0.280. The summed E-state index contributed by atoms with van der Waals surface area (Å²) in [6.45, 7) is 2.04. The van der Waals surface area contributed by atoms with Crippen LogP contribution in [0.1, 0.15) is 11.1 Å². The van der Waals surface area contributed by atoms with E-state index in [1.165, 1.54) is 0 Å². The van der Waals surface area contributed by atoms with Crippen LogP contribution in [0.4, 0.5) is 0 Å². The molecule has 31 heavy (non-hydrogen) atoms. The van der Waals surface area contributed by atoms with Gasteiger partial charge in [0.15, 0.2) is 0 Å². The first kappa shape index (κ1) is 20.9. The van der Waals surface area contributed by atoms with Crippen LogP contribution < -0.4 is 14.8 Å². The predicted octanol–water partition coefficient (Wildman–Crippen LogP) is 3.31. The average molecular weight is 418 g/mol. The SMILES string of the molecule is COc1ccc(OC)c(CN2CCNC(=O)C2Cc2ccc(-c3cccnc3)cc2)c1. The minimum absolute atomic E-state index is 0.0597.